The van der Waals surface area contributed by atoms with Gasteiger partial charge in [0.05, 0.1) is 17.1 Å². The third-order valence-corrected chi connectivity index (χ3v) is 6.06. The maximum atomic E-state index is 12.1. The topological polar surface area (TPSA) is 73.2 Å². The molecule has 31 heavy (non-hydrogen) atoms. The number of hydrogen-bond acceptors (Lipinski definition) is 6. The second kappa shape index (κ2) is 10.0. The molecule has 8 heteroatoms. The summed E-state index contributed by atoms with van der Waals surface area (Å²) in [6.45, 7) is 0.0995. The minimum absolute atomic E-state index is 0.324. The van der Waals surface area contributed by atoms with Crippen LogP contribution in [0.1, 0.15) is 10.4 Å². The van der Waals surface area contributed by atoms with Gasteiger partial charge in [-0.05, 0) is 41.1 Å². The molecule has 0 spiro atoms. The van der Waals surface area contributed by atoms with E-state index >= 15 is 0 Å². The monoisotopic (exact) mass is 449 g/mol. The second-order valence-electron chi connectivity index (χ2n) is 6.49. The van der Waals surface area contributed by atoms with Crippen LogP contribution in [0.4, 0.5) is 0 Å². The summed E-state index contributed by atoms with van der Waals surface area (Å²) in [6.07, 6.45) is 4.84. The Bertz CT molecular complexity index is 1160. The highest BCUT2D eigenvalue weighted by molar-refractivity contribution is 7.13. The number of hydrogen-bond donors (Lipinski definition) is 1. The number of rotatable bonds is 8. The summed E-state index contributed by atoms with van der Waals surface area (Å²) in [7, 11) is 0. The Labute approximate surface area is 187 Å². The van der Waals surface area contributed by atoms with E-state index in [9.17, 15) is 9.59 Å². The van der Waals surface area contributed by atoms with Crippen LogP contribution in [0.5, 0.6) is 0 Å². The van der Waals surface area contributed by atoms with Crippen LogP contribution in [0.2, 0.25) is 0 Å². The lowest BCUT2D eigenvalue weighted by Crippen LogP contribution is -2.27. The Morgan fingerprint density at radius 1 is 1.03 bits per heavy atom. The third-order valence-electron chi connectivity index (χ3n) is 4.30. The van der Waals surface area contributed by atoms with Crippen molar-refractivity contribution >= 4 is 40.6 Å². The van der Waals surface area contributed by atoms with Gasteiger partial charge in [0.2, 0.25) is 0 Å². The smallest absolute Gasteiger partial charge is 0.331 e. The zero-order valence-electron chi connectivity index (χ0n) is 16.4. The first-order valence-electron chi connectivity index (χ1n) is 9.52. The van der Waals surface area contributed by atoms with E-state index in [4.69, 9.17) is 4.74 Å². The molecule has 1 N–H and O–H groups in total. The van der Waals surface area contributed by atoms with E-state index < -0.39 is 5.97 Å². The highest BCUT2D eigenvalue weighted by Crippen LogP contribution is 2.28. The summed E-state index contributed by atoms with van der Waals surface area (Å²) in [5, 5.41) is 11.3. The van der Waals surface area contributed by atoms with Gasteiger partial charge in [0.15, 0.2) is 6.61 Å². The molecule has 6 nitrogen and oxygen atoms in total. The summed E-state index contributed by atoms with van der Waals surface area (Å²) in [6, 6.07) is 17.5. The van der Waals surface area contributed by atoms with Crippen LogP contribution in [0.25, 0.3) is 22.3 Å². The number of thiophene rings is 2. The number of ether oxygens (including phenoxy) is 1. The van der Waals surface area contributed by atoms with E-state index in [0.717, 1.165) is 26.7 Å². The Morgan fingerprint density at radius 2 is 1.84 bits per heavy atom. The number of para-hydroxylation sites is 1. The van der Waals surface area contributed by atoms with Gasteiger partial charge >= 0.3 is 5.97 Å². The first kappa shape index (κ1) is 20.8. The molecule has 0 aliphatic carbocycles. The number of nitrogens with zero attached hydrogens (tertiary/aromatic N) is 2. The molecule has 0 bridgehead atoms. The SMILES string of the molecule is O=C(COC(=O)C=Cc1cn(-c2ccccc2)nc1-c1cccs1)NCc1cccs1. The van der Waals surface area contributed by atoms with Crippen molar-refractivity contribution in [1.29, 1.82) is 0 Å². The molecule has 0 radical (unpaired) electrons. The van der Waals surface area contributed by atoms with Gasteiger partial charge in [0.1, 0.15) is 5.69 Å². The van der Waals surface area contributed by atoms with Gasteiger partial charge in [-0.3, -0.25) is 4.79 Å². The van der Waals surface area contributed by atoms with E-state index in [2.05, 4.69) is 10.4 Å². The fourth-order valence-electron chi connectivity index (χ4n) is 2.82. The average Bonchev–Trinajstić information content (AvgIpc) is 3.56. The largest absolute Gasteiger partial charge is 0.452 e. The first-order chi connectivity index (χ1) is 15.2. The maximum Gasteiger partial charge on any atom is 0.331 e. The summed E-state index contributed by atoms with van der Waals surface area (Å²) in [5.41, 5.74) is 2.48. The van der Waals surface area contributed by atoms with Gasteiger partial charge in [-0.15, -0.1) is 22.7 Å². The summed E-state index contributed by atoms with van der Waals surface area (Å²) < 4.78 is 6.83. The number of carbonyl (C=O) groups excluding carboxylic acids is 2. The molecule has 0 unspecified atom stereocenters. The molecule has 156 valence electrons. The highest BCUT2D eigenvalue weighted by atomic mass is 32.1. The van der Waals surface area contributed by atoms with E-state index in [1.165, 1.54) is 6.08 Å². The number of nitrogens with one attached hydrogen (secondary N) is 1. The molecule has 0 saturated heterocycles. The summed E-state index contributed by atoms with van der Waals surface area (Å²) in [4.78, 5) is 26.0. The molecule has 1 amide bonds. The summed E-state index contributed by atoms with van der Waals surface area (Å²) in [5.74, 6) is -0.929. The molecular weight excluding hydrogens is 430 g/mol. The van der Waals surface area contributed by atoms with E-state index in [1.54, 1.807) is 33.4 Å². The molecule has 0 atom stereocenters. The van der Waals surface area contributed by atoms with Crippen LogP contribution in [-0.2, 0) is 20.9 Å². The van der Waals surface area contributed by atoms with Crippen molar-refractivity contribution in [2.24, 2.45) is 0 Å². The first-order valence-corrected chi connectivity index (χ1v) is 11.3. The quantitative estimate of drug-likeness (QED) is 0.317. The van der Waals surface area contributed by atoms with E-state index in [0.29, 0.717) is 6.54 Å². The molecule has 0 aliphatic rings. The van der Waals surface area contributed by atoms with Crippen molar-refractivity contribution in [2.75, 3.05) is 6.61 Å². The zero-order valence-corrected chi connectivity index (χ0v) is 18.1. The van der Waals surface area contributed by atoms with E-state index in [1.807, 2.05) is 71.6 Å². The Hall–Kier alpha value is -3.49. The van der Waals surface area contributed by atoms with Crippen molar-refractivity contribution in [3.63, 3.8) is 0 Å². The zero-order chi connectivity index (χ0) is 21.5. The summed E-state index contributed by atoms with van der Waals surface area (Å²) >= 11 is 3.13. The minimum atomic E-state index is -0.587. The number of carbonyl (C=O) groups is 2. The van der Waals surface area contributed by atoms with E-state index in [-0.39, 0.29) is 12.5 Å². The van der Waals surface area contributed by atoms with Crippen molar-refractivity contribution in [3.8, 4) is 16.3 Å². The second-order valence-corrected chi connectivity index (χ2v) is 8.47. The van der Waals surface area contributed by atoms with Gasteiger partial charge in [0.25, 0.3) is 5.91 Å². The van der Waals surface area contributed by atoms with Crippen LogP contribution >= 0.6 is 22.7 Å². The van der Waals surface area contributed by atoms with Crippen LogP contribution in [0, 0.1) is 0 Å². The Morgan fingerprint density at radius 3 is 2.58 bits per heavy atom. The molecule has 4 aromatic rings. The normalized spacial score (nSPS) is 11.0. The maximum absolute atomic E-state index is 12.1. The predicted molar refractivity (Wildman–Crippen MR) is 123 cm³/mol. The van der Waals surface area contributed by atoms with Gasteiger partial charge in [-0.2, -0.15) is 5.10 Å². The van der Waals surface area contributed by atoms with Gasteiger partial charge in [-0.1, -0.05) is 30.3 Å². The van der Waals surface area contributed by atoms with Crippen molar-refractivity contribution < 1.29 is 14.3 Å². The van der Waals surface area contributed by atoms with Crippen molar-refractivity contribution in [3.05, 3.63) is 88.1 Å². The standard InChI is InChI=1S/C23H19N3O3S2/c27-21(24-14-19-8-4-12-30-19)16-29-22(28)11-10-17-15-26(18-6-2-1-3-7-18)25-23(17)20-9-5-13-31-20/h1-13,15H,14,16H2,(H,24,27). The fourth-order valence-corrected chi connectivity index (χ4v) is 4.20. The lowest BCUT2D eigenvalue weighted by Gasteiger charge is -2.03. The molecule has 3 aromatic heterocycles. The van der Waals surface area contributed by atoms with Crippen LogP contribution in [0.3, 0.4) is 0 Å². The molecular formula is C23H19N3O3S2. The van der Waals surface area contributed by atoms with Crippen LogP contribution < -0.4 is 5.32 Å². The van der Waals surface area contributed by atoms with Gasteiger partial charge < -0.3 is 10.1 Å². The van der Waals surface area contributed by atoms with Crippen molar-refractivity contribution in [1.82, 2.24) is 15.1 Å². The Kier molecular flexibility index (Phi) is 6.71. The molecule has 0 aliphatic heterocycles. The van der Waals surface area contributed by atoms with Crippen molar-refractivity contribution in [2.45, 2.75) is 6.54 Å². The molecule has 4 rings (SSSR count). The minimum Gasteiger partial charge on any atom is -0.452 e. The fraction of sp³-hybridized carbons (Fsp3) is 0.0870. The molecule has 0 saturated carbocycles. The third kappa shape index (κ3) is 5.56. The average molecular weight is 450 g/mol. The predicted octanol–water partition coefficient (Wildman–Crippen LogP) is 4.54. The number of amides is 1. The molecule has 1 aromatic carbocycles. The highest BCUT2D eigenvalue weighted by Gasteiger charge is 2.12. The Balaban J connectivity index is 1.41. The lowest BCUT2D eigenvalue weighted by molar-refractivity contribution is -0.143. The van der Waals surface area contributed by atoms with Gasteiger partial charge in [0, 0.05) is 22.7 Å². The number of esters is 1. The van der Waals surface area contributed by atoms with Crippen LogP contribution in [-0.4, -0.2) is 28.3 Å². The molecule has 0 fully saturated rings. The number of benzene rings is 1. The molecule has 3 heterocycles. The van der Waals surface area contributed by atoms with Crippen LogP contribution in [0.15, 0.2) is 77.6 Å². The van der Waals surface area contributed by atoms with Gasteiger partial charge in [-0.25, -0.2) is 9.48 Å². The number of aromatic nitrogens is 2. The lowest BCUT2D eigenvalue weighted by atomic mass is 10.2.